The number of ether oxygens (including phenoxy) is 3. The number of nitrogens with zero attached hydrogens (tertiary/aromatic N) is 2. The third-order valence-electron chi connectivity index (χ3n) is 5.08. The summed E-state index contributed by atoms with van der Waals surface area (Å²) in [4.78, 5) is 29.1. The van der Waals surface area contributed by atoms with E-state index in [4.69, 9.17) is 18.6 Å². The molecule has 0 fully saturated rings. The zero-order valence-electron chi connectivity index (χ0n) is 18.7. The summed E-state index contributed by atoms with van der Waals surface area (Å²) in [6, 6.07) is 8.93. The van der Waals surface area contributed by atoms with Crippen molar-refractivity contribution in [2.75, 3.05) is 40.1 Å². The molecule has 2 heterocycles. The highest BCUT2D eigenvalue weighted by Gasteiger charge is 2.23. The molecule has 0 radical (unpaired) electrons. The predicted octanol–water partition coefficient (Wildman–Crippen LogP) is 3.00. The first kappa shape index (κ1) is 23.5. The number of nitrogens with one attached hydrogen (secondary N) is 1. The van der Waals surface area contributed by atoms with Crippen molar-refractivity contribution >= 4 is 11.9 Å². The predicted molar refractivity (Wildman–Crippen MR) is 117 cm³/mol. The molecule has 2 aromatic rings. The second-order valence-electron chi connectivity index (χ2n) is 7.52. The first-order valence-electron chi connectivity index (χ1n) is 10.8. The van der Waals surface area contributed by atoms with E-state index in [0.717, 1.165) is 18.4 Å². The van der Waals surface area contributed by atoms with Crippen molar-refractivity contribution in [3.8, 4) is 11.5 Å². The molecule has 9 nitrogen and oxygen atoms in total. The van der Waals surface area contributed by atoms with Gasteiger partial charge in [-0.25, -0.2) is 4.79 Å². The average Bonchev–Trinajstić information content (AvgIpc) is 3.47. The van der Waals surface area contributed by atoms with Gasteiger partial charge in [0.2, 0.25) is 12.7 Å². The molecule has 3 amide bonds. The van der Waals surface area contributed by atoms with Crippen molar-refractivity contribution in [2.24, 2.45) is 0 Å². The summed E-state index contributed by atoms with van der Waals surface area (Å²) in [7, 11) is 1.57. The van der Waals surface area contributed by atoms with Crippen LogP contribution in [0.1, 0.15) is 31.1 Å². The lowest BCUT2D eigenvalue weighted by atomic mass is 10.2. The van der Waals surface area contributed by atoms with Gasteiger partial charge in [0, 0.05) is 26.7 Å². The van der Waals surface area contributed by atoms with Gasteiger partial charge in [0.15, 0.2) is 11.5 Å². The monoisotopic (exact) mass is 445 g/mol. The van der Waals surface area contributed by atoms with Gasteiger partial charge in [-0.3, -0.25) is 4.79 Å². The molecule has 1 N–H and O–H groups in total. The van der Waals surface area contributed by atoms with Crippen LogP contribution in [-0.4, -0.2) is 61.9 Å². The Balaban J connectivity index is 1.71. The van der Waals surface area contributed by atoms with E-state index in [1.54, 1.807) is 24.3 Å². The van der Waals surface area contributed by atoms with Gasteiger partial charge in [-0.2, -0.15) is 0 Å². The molecule has 174 valence electrons. The molecular formula is C23H31N3O6. The number of fused-ring (bicyclic) bond motifs is 1. The molecule has 0 aliphatic carbocycles. The highest BCUT2D eigenvalue weighted by atomic mass is 16.7. The van der Waals surface area contributed by atoms with Crippen LogP contribution in [0.4, 0.5) is 4.79 Å². The second-order valence-corrected chi connectivity index (χ2v) is 7.52. The van der Waals surface area contributed by atoms with Crippen molar-refractivity contribution in [3.05, 3.63) is 47.9 Å². The minimum absolute atomic E-state index is 0.0629. The van der Waals surface area contributed by atoms with Gasteiger partial charge < -0.3 is 33.7 Å². The van der Waals surface area contributed by atoms with Crippen LogP contribution in [0, 0.1) is 0 Å². The van der Waals surface area contributed by atoms with Crippen LogP contribution in [0.25, 0.3) is 0 Å². The maximum Gasteiger partial charge on any atom is 0.317 e. The average molecular weight is 446 g/mol. The Bertz CT molecular complexity index is 871. The summed E-state index contributed by atoms with van der Waals surface area (Å²) in [5.74, 6) is 1.81. The van der Waals surface area contributed by atoms with E-state index in [1.165, 1.54) is 4.90 Å². The van der Waals surface area contributed by atoms with Crippen LogP contribution >= 0.6 is 0 Å². The highest BCUT2D eigenvalue weighted by molar-refractivity contribution is 5.84. The van der Waals surface area contributed by atoms with Crippen LogP contribution in [-0.2, 0) is 22.6 Å². The number of furan rings is 1. The Labute approximate surface area is 188 Å². The summed E-state index contributed by atoms with van der Waals surface area (Å²) in [5.41, 5.74) is 0.894. The molecule has 3 rings (SSSR count). The fourth-order valence-electron chi connectivity index (χ4n) is 3.28. The molecule has 0 saturated carbocycles. The molecular weight excluding hydrogens is 414 g/mol. The Morgan fingerprint density at radius 1 is 1.12 bits per heavy atom. The van der Waals surface area contributed by atoms with Crippen molar-refractivity contribution in [1.82, 2.24) is 15.1 Å². The Hall–Kier alpha value is -3.20. The van der Waals surface area contributed by atoms with Gasteiger partial charge in [-0.05, 0) is 36.2 Å². The zero-order chi connectivity index (χ0) is 22.8. The van der Waals surface area contributed by atoms with E-state index in [0.29, 0.717) is 43.5 Å². The number of rotatable bonds is 12. The largest absolute Gasteiger partial charge is 0.467 e. The highest BCUT2D eigenvalue weighted by Crippen LogP contribution is 2.33. The van der Waals surface area contributed by atoms with Crippen molar-refractivity contribution < 1.29 is 28.2 Å². The maximum absolute atomic E-state index is 13.3. The van der Waals surface area contributed by atoms with E-state index in [1.807, 2.05) is 24.3 Å². The molecule has 1 aliphatic heterocycles. The second kappa shape index (κ2) is 12.0. The van der Waals surface area contributed by atoms with Gasteiger partial charge in [0.05, 0.1) is 19.4 Å². The minimum Gasteiger partial charge on any atom is -0.467 e. The SMILES string of the molecule is CCCCNC(=O)N(CCOC)CC(=O)N(Cc1ccc2c(c1)OCO2)Cc1ccco1. The van der Waals surface area contributed by atoms with E-state index < -0.39 is 0 Å². The van der Waals surface area contributed by atoms with E-state index in [2.05, 4.69) is 12.2 Å². The minimum atomic E-state index is -0.273. The zero-order valence-corrected chi connectivity index (χ0v) is 18.7. The smallest absolute Gasteiger partial charge is 0.317 e. The lowest BCUT2D eigenvalue weighted by Crippen LogP contribution is -2.47. The number of unbranched alkanes of at least 4 members (excludes halogenated alkanes) is 1. The Morgan fingerprint density at radius 2 is 1.97 bits per heavy atom. The van der Waals surface area contributed by atoms with Crippen LogP contribution in [0.5, 0.6) is 11.5 Å². The number of methoxy groups -OCH3 is 1. The fraction of sp³-hybridized carbons (Fsp3) is 0.478. The third kappa shape index (κ3) is 6.65. The van der Waals surface area contributed by atoms with Crippen molar-refractivity contribution in [2.45, 2.75) is 32.9 Å². The lowest BCUT2D eigenvalue weighted by molar-refractivity contribution is -0.133. The molecule has 1 aromatic heterocycles. The van der Waals surface area contributed by atoms with Gasteiger partial charge in [0.1, 0.15) is 12.3 Å². The summed E-state index contributed by atoms with van der Waals surface area (Å²) >= 11 is 0. The number of carbonyl (C=O) groups is 2. The molecule has 0 saturated heterocycles. The van der Waals surface area contributed by atoms with E-state index in [-0.39, 0.29) is 31.8 Å². The molecule has 32 heavy (non-hydrogen) atoms. The summed E-state index contributed by atoms with van der Waals surface area (Å²) in [6.07, 6.45) is 3.43. The van der Waals surface area contributed by atoms with Crippen LogP contribution in [0.15, 0.2) is 41.0 Å². The van der Waals surface area contributed by atoms with E-state index >= 15 is 0 Å². The normalized spacial score (nSPS) is 11.9. The Kier molecular flexibility index (Phi) is 8.79. The Morgan fingerprint density at radius 3 is 2.72 bits per heavy atom. The van der Waals surface area contributed by atoms with Gasteiger partial charge >= 0.3 is 6.03 Å². The number of carbonyl (C=O) groups excluding carboxylic acids is 2. The molecule has 1 aromatic carbocycles. The van der Waals surface area contributed by atoms with Crippen LogP contribution in [0.2, 0.25) is 0 Å². The lowest BCUT2D eigenvalue weighted by Gasteiger charge is -2.27. The number of urea groups is 1. The number of benzene rings is 1. The number of amides is 3. The first-order valence-corrected chi connectivity index (χ1v) is 10.8. The molecule has 0 bridgehead atoms. The topological polar surface area (TPSA) is 93.5 Å². The summed E-state index contributed by atoms with van der Waals surface area (Å²) < 4.78 is 21.4. The quantitative estimate of drug-likeness (QED) is 0.505. The van der Waals surface area contributed by atoms with Crippen molar-refractivity contribution in [1.29, 1.82) is 0 Å². The molecule has 0 unspecified atom stereocenters. The van der Waals surface area contributed by atoms with Gasteiger partial charge in [-0.1, -0.05) is 19.4 Å². The standard InChI is InChI=1S/C23H31N3O6/c1-3-4-9-24-23(28)25(10-12-29-2)16-22(27)26(15-19-6-5-11-30-19)14-18-7-8-20-21(13-18)32-17-31-20/h5-8,11,13H,3-4,9-10,12,14-17H2,1-2H3,(H,24,28). The van der Waals surface area contributed by atoms with Crippen LogP contribution < -0.4 is 14.8 Å². The maximum atomic E-state index is 13.3. The third-order valence-corrected chi connectivity index (χ3v) is 5.08. The first-order chi connectivity index (χ1) is 15.6. The van der Waals surface area contributed by atoms with Gasteiger partial charge in [-0.15, -0.1) is 0 Å². The van der Waals surface area contributed by atoms with Gasteiger partial charge in [0.25, 0.3) is 0 Å². The number of hydrogen-bond acceptors (Lipinski definition) is 6. The molecule has 9 heteroatoms. The van der Waals surface area contributed by atoms with E-state index in [9.17, 15) is 9.59 Å². The molecule has 1 aliphatic rings. The molecule has 0 atom stereocenters. The summed E-state index contributed by atoms with van der Waals surface area (Å²) in [5, 5.41) is 2.87. The fourth-order valence-corrected chi connectivity index (χ4v) is 3.28. The summed E-state index contributed by atoms with van der Waals surface area (Å²) in [6.45, 7) is 4.04. The molecule has 0 spiro atoms. The van der Waals surface area contributed by atoms with Crippen molar-refractivity contribution in [3.63, 3.8) is 0 Å². The number of hydrogen-bond donors (Lipinski definition) is 1. The van der Waals surface area contributed by atoms with Crippen LogP contribution in [0.3, 0.4) is 0 Å².